The smallest absolute Gasteiger partial charge is 0.255 e. The van der Waals surface area contributed by atoms with Gasteiger partial charge in [-0.15, -0.1) is 0 Å². The van der Waals surface area contributed by atoms with Crippen LogP contribution in [0.1, 0.15) is 17.3 Å². The molecule has 0 aliphatic carbocycles. The van der Waals surface area contributed by atoms with Crippen molar-refractivity contribution < 1.29 is 14.3 Å². The van der Waals surface area contributed by atoms with Gasteiger partial charge in [-0.2, -0.15) is 0 Å². The van der Waals surface area contributed by atoms with E-state index in [0.717, 1.165) is 0 Å². The third-order valence-electron chi connectivity index (χ3n) is 2.17. The lowest BCUT2D eigenvalue weighted by Gasteiger charge is -2.12. The summed E-state index contributed by atoms with van der Waals surface area (Å²) in [4.78, 5) is 11.9. The maximum Gasteiger partial charge on any atom is 0.255 e. The average Bonchev–Trinajstić information content (AvgIpc) is 2.32. The van der Waals surface area contributed by atoms with Gasteiger partial charge in [-0.3, -0.25) is 4.79 Å². The summed E-state index contributed by atoms with van der Waals surface area (Å²) in [5.41, 5.74) is 6.68. The number of carbonyl (C=O) groups excluding carboxylic acids is 1. The molecule has 0 aromatic heterocycles. The van der Waals surface area contributed by atoms with Crippen LogP contribution in [-0.4, -0.2) is 32.8 Å². The lowest BCUT2D eigenvalue weighted by atomic mass is 10.1. The van der Waals surface area contributed by atoms with Crippen molar-refractivity contribution in [3.8, 4) is 5.75 Å². The number of anilines is 1. The fourth-order valence-electron chi connectivity index (χ4n) is 1.40. The van der Waals surface area contributed by atoms with Crippen LogP contribution in [0.25, 0.3) is 0 Å². The number of nitrogen functional groups attached to an aromatic ring is 1. The number of nitrogens with two attached hydrogens (primary N) is 1. The molecule has 1 aromatic carbocycles. The second-order valence-electron chi connectivity index (χ2n) is 3.41. The van der Waals surface area contributed by atoms with Gasteiger partial charge in [0, 0.05) is 13.7 Å². The zero-order valence-electron chi connectivity index (χ0n) is 10.2. The van der Waals surface area contributed by atoms with Gasteiger partial charge in [0.2, 0.25) is 0 Å². The Labute approximate surface area is 101 Å². The van der Waals surface area contributed by atoms with E-state index in [0.29, 0.717) is 36.8 Å². The molecule has 0 aliphatic heterocycles. The molecular weight excluding hydrogens is 220 g/mol. The number of methoxy groups -OCH3 is 1. The van der Waals surface area contributed by atoms with E-state index in [1.807, 2.05) is 6.92 Å². The molecule has 0 aliphatic rings. The zero-order valence-corrected chi connectivity index (χ0v) is 10.2. The number of rotatable bonds is 6. The lowest BCUT2D eigenvalue weighted by Crippen LogP contribution is -2.27. The van der Waals surface area contributed by atoms with Crippen LogP contribution in [0.2, 0.25) is 0 Å². The summed E-state index contributed by atoms with van der Waals surface area (Å²) in [6.07, 6.45) is 0. The molecule has 17 heavy (non-hydrogen) atoms. The fraction of sp³-hybridized carbons (Fsp3) is 0.417. The first-order chi connectivity index (χ1) is 8.20. The highest BCUT2D eigenvalue weighted by atomic mass is 16.5. The molecule has 5 heteroatoms. The molecule has 1 amide bonds. The summed E-state index contributed by atoms with van der Waals surface area (Å²) in [6.45, 7) is 3.24. The minimum atomic E-state index is -0.210. The van der Waals surface area contributed by atoms with Crippen LogP contribution in [0.15, 0.2) is 18.2 Å². The molecule has 0 spiro atoms. The molecule has 0 atom stereocenters. The van der Waals surface area contributed by atoms with E-state index in [4.69, 9.17) is 15.2 Å². The number of hydrogen-bond acceptors (Lipinski definition) is 4. The van der Waals surface area contributed by atoms with Crippen LogP contribution in [0.5, 0.6) is 5.75 Å². The second-order valence-corrected chi connectivity index (χ2v) is 3.41. The quantitative estimate of drug-likeness (QED) is 0.573. The third kappa shape index (κ3) is 3.64. The molecule has 1 rings (SSSR count). The zero-order chi connectivity index (χ0) is 12.7. The Kier molecular flexibility index (Phi) is 5.29. The average molecular weight is 238 g/mol. The van der Waals surface area contributed by atoms with E-state index in [-0.39, 0.29) is 5.91 Å². The molecule has 0 bridgehead atoms. The molecule has 0 radical (unpaired) electrons. The first-order valence-electron chi connectivity index (χ1n) is 5.49. The Hall–Kier alpha value is -1.75. The Morgan fingerprint density at radius 1 is 1.47 bits per heavy atom. The SMILES string of the molecule is CCOc1c(N)cccc1C(=O)NCCOC. The van der Waals surface area contributed by atoms with Gasteiger partial charge in [-0.25, -0.2) is 0 Å². The van der Waals surface area contributed by atoms with E-state index in [1.54, 1.807) is 25.3 Å². The van der Waals surface area contributed by atoms with Crippen LogP contribution in [0.4, 0.5) is 5.69 Å². The van der Waals surface area contributed by atoms with Gasteiger partial charge in [0.05, 0.1) is 24.5 Å². The summed E-state index contributed by atoms with van der Waals surface area (Å²) in [6, 6.07) is 5.11. The topological polar surface area (TPSA) is 73.6 Å². The third-order valence-corrected chi connectivity index (χ3v) is 2.17. The highest BCUT2D eigenvalue weighted by Gasteiger charge is 2.14. The van der Waals surface area contributed by atoms with Gasteiger partial charge in [-0.1, -0.05) is 6.07 Å². The summed E-state index contributed by atoms with van der Waals surface area (Å²) in [5.74, 6) is 0.225. The Bertz CT molecular complexity index is 380. The van der Waals surface area contributed by atoms with E-state index < -0.39 is 0 Å². The van der Waals surface area contributed by atoms with Crippen molar-refractivity contribution in [2.75, 3.05) is 32.6 Å². The first-order valence-corrected chi connectivity index (χ1v) is 5.49. The maximum atomic E-state index is 11.9. The van der Waals surface area contributed by atoms with Gasteiger partial charge < -0.3 is 20.5 Å². The molecular formula is C12H18N2O3. The summed E-state index contributed by atoms with van der Waals surface area (Å²) < 4.78 is 10.2. The summed E-state index contributed by atoms with van der Waals surface area (Å²) >= 11 is 0. The minimum absolute atomic E-state index is 0.210. The molecule has 0 fully saturated rings. The van der Waals surface area contributed by atoms with Crippen LogP contribution in [-0.2, 0) is 4.74 Å². The molecule has 0 saturated carbocycles. The molecule has 0 unspecified atom stereocenters. The Morgan fingerprint density at radius 3 is 2.88 bits per heavy atom. The number of benzene rings is 1. The predicted molar refractivity (Wildman–Crippen MR) is 66.2 cm³/mol. The number of nitrogens with one attached hydrogen (secondary N) is 1. The predicted octanol–water partition coefficient (Wildman–Crippen LogP) is 1.04. The van der Waals surface area contributed by atoms with Crippen LogP contribution in [0.3, 0.4) is 0 Å². The van der Waals surface area contributed by atoms with Crippen molar-refractivity contribution in [1.82, 2.24) is 5.32 Å². The van der Waals surface area contributed by atoms with E-state index in [1.165, 1.54) is 0 Å². The maximum absolute atomic E-state index is 11.9. The number of hydrogen-bond donors (Lipinski definition) is 2. The number of amides is 1. The number of para-hydroxylation sites is 1. The summed E-state index contributed by atoms with van der Waals surface area (Å²) in [5, 5.41) is 2.73. The number of ether oxygens (including phenoxy) is 2. The molecule has 3 N–H and O–H groups in total. The standard InChI is InChI=1S/C12H18N2O3/c1-3-17-11-9(5-4-6-10(11)13)12(15)14-7-8-16-2/h4-6H,3,7-8,13H2,1-2H3,(H,14,15). The molecule has 5 nitrogen and oxygen atoms in total. The van der Waals surface area contributed by atoms with Crippen molar-refractivity contribution in [2.24, 2.45) is 0 Å². The first kappa shape index (κ1) is 13.3. The Morgan fingerprint density at radius 2 is 2.24 bits per heavy atom. The molecule has 0 heterocycles. The monoisotopic (exact) mass is 238 g/mol. The van der Waals surface area contributed by atoms with Gasteiger partial charge >= 0.3 is 0 Å². The lowest BCUT2D eigenvalue weighted by molar-refractivity contribution is 0.0933. The van der Waals surface area contributed by atoms with Crippen molar-refractivity contribution in [1.29, 1.82) is 0 Å². The van der Waals surface area contributed by atoms with Crippen molar-refractivity contribution in [2.45, 2.75) is 6.92 Å². The molecule has 94 valence electrons. The largest absolute Gasteiger partial charge is 0.491 e. The van der Waals surface area contributed by atoms with Crippen LogP contribution in [0, 0.1) is 0 Å². The van der Waals surface area contributed by atoms with E-state index >= 15 is 0 Å². The van der Waals surface area contributed by atoms with Crippen LogP contribution < -0.4 is 15.8 Å². The minimum Gasteiger partial charge on any atom is -0.491 e. The van der Waals surface area contributed by atoms with Crippen LogP contribution >= 0.6 is 0 Å². The second kappa shape index (κ2) is 6.75. The number of carbonyl (C=O) groups is 1. The van der Waals surface area contributed by atoms with Crippen molar-refractivity contribution >= 4 is 11.6 Å². The van der Waals surface area contributed by atoms with Gasteiger partial charge in [0.25, 0.3) is 5.91 Å². The van der Waals surface area contributed by atoms with Gasteiger partial charge in [-0.05, 0) is 19.1 Å². The van der Waals surface area contributed by atoms with E-state index in [9.17, 15) is 4.79 Å². The fourth-order valence-corrected chi connectivity index (χ4v) is 1.40. The highest BCUT2D eigenvalue weighted by molar-refractivity contribution is 5.98. The van der Waals surface area contributed by atoms with Crippen molar-refractivity contribution in [3.05, 3.63) is 23.8 Å². The Balaban J connectivity index is 2.81. The molecule has 0 saturated heterocycles. The van der Waals surface area contributed by atoms with Gasteiger partial charge in [0.15, 0.2) is 5.75 Å². The van der Waals surface area contributed by atoms with Gasteiger partial charge in [0.1, 0.15) is 0 Å². The van der Waals surface area contributed by atoms with E-state index in [2.05, 4.69) is 5.32 Å². The summed E-state index contributed by atoms with van der Waals surface area (Å²) in [7, 11) is 1.58. The normalized spacial score (nSPS) is 10.0. The van der Waals surface area contributed by atoms with Crippen molar-refractivity contribution in [3.63, 3.8) is 0 Å². The highest BCUT2D eigenvalue weighted by Crippen LogP contribution is 2.26. The molecule has 1 aromatic rings.